The summed E-state index contributed by atoms with van der Waals surface area (Å²) in [5, 5.41) is 0.687. The van der Waals surface area contributed by atoms with Crippen LogP contribution in [0, 0.1) is 6.92 Å². The molecule has 0 amide bonds. The van der Waals surface area contributed by atoms with Crippen LogP contribution in [-0.2, 0) is 10.0 Å². The van der Waals surface area contributed by atoms with Crippen LogP contribution in [0.25, 0.3) is 0 Å². The second kappa shape index (κ2) is 7.50. The Hall–Kier alpha value is -0.330. The van der Waals surface area contributed by atoms with Gasteiger partial charge >= 0.3 is 0 Å². The van der Waals surface area contributed by atoms with E-state index >= 15 is 0 Å². The van der Waals surface area contributed by atoms with Crippen molar-refractivity contribution in [1.29, 1.82) is 0 Å². The van der Waals surface area contributed by atoms with Gasteiger partial charge in [0, 0.05) is 24.2 Å². The molecule has 2 saturated heterocycles. The van der Waals surface area contributed by atoms with Crippen molar-refractivity contribution in [3.63, 3.8) is 0 Å². The van der Waals surface area contributed by atoms with E-state index in [4.69, 9.17) is 23.2 Å². The molecule has 0 aliphatic carbocycles. The molecular weight excluding hydrogens is 367 g/mol. The minimum Gasteiger partial charge on any atom is -0.300 e. The largest absolute Gasteiger partial charge is 0.300 e. The first kappa shape index (κ1) is 18.5. The molecule has 0 aromatic heterocycles. The van der Waals surface area contributed by atoms with Crippen LogP contribution >= 0.6 is 23.2 Å². The Bertz CT molecular complexity index is 695. The maximum Gasteiger partial charge on any atom is 0.244 e. The minimum atomic E-state index is -3.56. The number of halogens is 2. The number of aryl methyl sites for hydroxylation is 1. The summed E-state index contributed by atoms with van der Waals surface area (Å²) in [6.07, 6.45) is 5.63. The van der Waals surface area contributed by atoms with Crippen molar-refractivity contribution < 1.29 is 8.42 Å². The number of hydrogen-bond acceptors (Lipinski definition) is 3. The Balaban J connectivity index is 1.72. The maximum absolute atomic E-state index is 12.9. The van der Waals surface area contributed by atoms with Gasteiger partial charge < -0.3 is 4.90 Å². The molecule has 134 valence electrons. The summed E-state index contributed by atoms with van der Waals surface area (Å²) in [5.41, 5.74) is 0.725. The van der Waals surface area contributed by atoms with E-state index in [9.17, 15) is 8.42 Å². The molecule has 0 radical (unpaired) electrons. The van der Waals surface area contributed by atoms with Gasteiger partial charge in [-0.25, -0.2) is 8.42 Å². The summed E-state index contributed by atoms with van der Waals surface area (Å²) in [7, 11) is -3.56. The third-order valence-corrected chi connectivity index (χ3v) is 7.93. The normalized spacial score (nSPS) is 22.0. The zero-order valence-corrected chi connectivity index (χ0v) is 16.3. The monoisotopic (exact) mass is 390 g/mol. The summed E-state index contributed by atoms with van der Waals surface area (Å²) < 4.78 is 27.5. The second-order valence-corrected chi connectivity index (χ2v) is 9.48. The Morgan fingerprint density at radius 1 is 0.958 bits per heavy atom. The van der Waals surface area contributed by atoms with Crippen molar-refractivity contribution in [2.45, 2.75) is 50.0 Å². The summed E-state index contributed by atoms with van der Waals surface area (Å²) in [6, 6.07) is 3.61. The fraction of sp³-hybridized carbons (Fsp3) is 0.647. The fourth-order valence-corrected chi connectivity index (χ4v) is 5.98. The van der Waals surface area contributed by atoms with Gasteiger partial charge in [-0.15, -0.1) is 0 Å². The Morgan fingerprint density at radius 3 is 2.21 bits per heavy atom. The van der Waals surface area contributed by atoms with E-state index < -0.39 is 10.0 Å². The molecule has 0 atom stereocenters. The lowest BCUT2D eigenvalue weighted by Gasteiger charge is -2.39. The molecule has 0 unspecified atom stereocenters. The number of likely N-dealkylation sites (tertiary alicyclic amines) is 1. The van der Waals surface area contributed by atoms with E-state index in [1.807, 2.05) is 0 Å². The molecule has 3 rings (SSSR count). The van der Waals surface area contributed by atoms with Crippen molar-refractivity contribution >= 4 is 33.2 Å². The summed E-state index contributed by atoms with van der Waals surface area (Å²) >= 11 is 12.2. The van der Waals surface area contributed by atoms with Crippen LogP contribution in [0.15, 0.2) is 17.0 Å². The first-order valence-corrected chi connectivity index (χ1v) is 10.8. The molecule has 4 nitrogen and oxygen atoms in total. The number of sulfonamides is 1. The van der Waals surface area contributed by atoms with Gasteiger partial charge in [0.15, 0.2) is 0 Å². The van der Waals surface area contributed by atoms with E-state index in [0.29, 0.717) is 24.2 Å². The van der Waals surface area contributed by atoms with Gasteiger partial charge in [-0.2, -0.15) is 4.31 Å². The molecule has 0 saturated carbocycles. The van der Waals surface area contributed by atoms with E-state index in [-0.39, 0.29) is 9.92 Å². The molecule has 2 fully saturated rings. The Morgan fingerprint density at radius 2 is 1.58 bits per heavy atom. The predicted molar refractivity (Wildman–Crippen MR) is 98.4 cm³/mol. The Kier molecular flexibility index (Phi) is 5.77. The highest BCUT2D eigenvalue weighted by Crippen LogP contribution is 2.32. The van der Waals surface area contributed by atoms with Crippen LogP contribution in [-0.4, -0.2) is 49.8 Å². The summed E-state index contributed by atoms with van der Waals surface area (Å²) in [4.78, 5) is 2.70. The van der Waals surface area contributed by atoms with Crippen molar-refractivity contribution in [3.8, 4) is 0 Å². The molecule has 2 heterocycles. The van der Waals surface area contributed by atoms with Crippen LogP contribution < -0.4 is 0 Å². The van der Waals surface area contributed by atoms with Gasteiger partial charge in [0.05, 0.1) is 5.02 Å². The van der Waals surface area contributed by atoms with Crippen LogP contribution in [0.2, 0.25) is 10.0 Å². The second-order valence-electron chi connectivity index (χ2n) is 6.76. The first-order valence-electron chi connectivity index (χ1n) is 8.59. The molecule has 1 aromatic rings. The van der Waals surface area contributed by atoms with Crippen LogP contribution in [0.3, 0.4) is 0 Å². The third kappa shape index (κ3) is 3.75. The molecule has 0 bridgehead atoms. The van der Waals surface area contributed by atoms with E-state index in [1.165, 1.54) is 25.3 Å². The van der Waals surface area contributed by atoms with Crippen molar-refractivity contribution in [3.05, 3.63) is 27.7 Å². The van der Waals surface area contributed by atoms with Gasteiger partial charge in [0.25, 0.3) is 0 Å². The van der Waals surface area contributed by atoms with Gasteiger partial charge in [0.2, 0.25) is 10.0 Å². The van der Waals surface area contributed by atoms with Crippen molar-refractivity contribution in [1.82, 2.24) is 9.21 Å². The highest BCUT2D eigenvalue weighted by molar-refractivity contribution is 7.89. The zero-order chi connectivity index (χ0) is 17.3. The van der Waals surface area contributed by atoms with Crippen LogP contribution in [0.4, 0.5) is 0 Å². The molecule has 1 aromatic carbocycles. The van der Waals surface area contributed by atoms with E-state index in [1.54, 1.807) is 17.3 Å². The minimum absolute atomic E-state index is 0.169. The van der Waals surface area contributed by atoms with E-state index in [0.717, 1.165) is 31.5 Å². The van der Waals surface area contributed by atoms with Gasteiger partial charge in [-0.3, -0.25) is 0 Å². The highest BCUT2D eigenvalue weighted by atomic mass is 35.5. The van der Waals surface area contributed by atoms with Crippen LogP contribution in [0.1, 0.15) is 37.7 Å². The van der Waals surface area contributed by atoms with Gasteiger partial charge in [-0.05, 0) is 63.4 Å². The lowest BCUT2D eigenvalue weighted by atomic mass is 10.0. The summed E-state index contributed by atoms with van der Waals surface area (Å²) in [6.45, 7) is 5.21. The number of benzene rings is 1. The first-order chi connectivity index (χ1) is 11.4. The molecule has 7 heteroatoms. The molecule has 2 aliphatic rings. The standard InChI is InChI=1S/C17H24Cl2N2O2S/c1-13-11-17(16(19)12-15(13)18)24(22,23)21-9-5-14(6-10-21)20-7-3-2-4-8-20/h11-12,14H,2-10H2,1H3. The van der Waals surface area contributed by atoms with E-state index in [2.05, 4.69) is 4.90 Å². The van der Waals surface area contributed by atoms with Crippen LogP contribution in [0.5, 0.6) is 0 Å². The smallest absolute Gasteiger partial charge is 0.244 e. The highest BCUT2D eigenvalue weighted by Gasteiger charge is 2.33. The van der Waals surface area contributed by atoms with Gasteiger partial charge in [0.1, 0.15) is 4.90 Å². The van der Waals surface area contributed by atoms with Crippen molar-refractivity contribution in [2.24, 2.45) is 0 Å². The average Bonchev–Trinajstić information content (AvgIpc) is 2.59. The molecule has 2 aliphatic heterocycles. The SMILES string of the molecule is Cc1cc(S(=O)(=O)N2CCC(N3CCCCC3)CC2)c(Cl)cc1Cl. The molecular formula is C17H24Cl2N2O2S. The molecule has 0 N–H and O–H groups in total. The molecule has 0 spiro atoms. The zero-order valence-electron chi connectivity index (χ0n) is 14.0. The number of hydrogen-bond donors (Lipinski definition) is 0. The number of piperidine rings is 2. The Labute approximate surface area is 154 Å². The third-order valence-electron chi connectivity index (χ3n) is 5.16. The fourth-order valence-electron chi connectivity index (χ4n) is 3.70. The molecule has 24 heavy (non-hydrogen) atoms. The predicted octanol–water partition coefficient (Wildman–Crippen LogP) is 3.94. The topological polar surface area (TPSA) is 40.6 Å². The maximum atomic E-state index is 12.9. The summed E-state index contributed by atoms with van der Waals surface area (Å²) in [5.74, 6) is 0. The number of nitrogens with zero attached hydrogens (tertiary/aromatic N) is 2. The van der Waals surface area contributed by atoms with Crippen molar-refractivity contribution in [2.75, 3.05) is 26.2 Å². The lowest BCUT2D eigenvalue weighted by molar-refractivity contribution is 0.118. The lowest BCUT2D eigenvalue weighted by Crippen LogP contribution is -2.48. The quantitative estimate of drug-likeness (QED) is 0.784. The number of rotatable bonds is 3. The van der Waals surface area contributed by atoms with Gasteiger partial charge in [-0.1, -0.05) is 29.6 Å². The average molecular weight is 391 g/mol.